The Morgan fingerprint density at radius 1 is 1.40 bits per heavy atom. The van der Waals surface area contributed by atoms with Crippen molar-refractivity contribution in [3.8, 4) is 5.75 Å². The van der Waals surface area contributed by atoms with Crippen LogP contribution in [0.2, 0.25) is 0 Å². The highest BCUT2D eigenvalue weighted by Gasteiger charge is 2.02. The van der Waals surface area contributed by atoms with E-state index >= 15 is 0 Å². The predicted molar refractivity (Wildman–Crippen MR) is 64.4 cm³/mol. The van der Waals surface area contributed by atoms with E-state index in [9.17, 15) is 5.11 Å². The lowest BCUT2D eigenvalue weighted by Crippen LogP contribution is -1.93. The summed E-state index contributed by atoms with van der Waals surface area (Å²) in [4.78, 5) is 0. The topological polar surface area (TPSA) is 66.5 Å². The first kappa shape index (κ1) is 11.9. The molecule has 1 rings (SSSR count). The van der Waals surface area contributed by atoms with Crippen molar-refractivity contribution in [1.82, 2.24) is 0 Å². The van der Waals surface area contributed by atoms with Crippen LogP contribution in [0.5, 0.6) is 5.75 Å². The van der Waals surface area contributed by atoms with Crippen LogP contribution in [0.4, 0.5) is 0 Å². The average molecular weight is 225 g/mol. The number of benzene rings is 1. The second-order valence-corrected chi connectivity index (χ2v) is 4.34. The van der Waals surface area contributed by atoms with E-state index in [2.05, 4.69) is 0 Å². The molecule has 0 aliphatic rings. The Hall–Kier alpha value is -1.13. The number of hydrogen-bond acceptors (Lipinski definition) is 4. The molecule has 82 valence electrons. The van der Waals surface area contributed by atoms with Gasteiger partial charge in [-0.2, -0.15) is 0 Å². The molecule has 3 nitrogen and oxygen atoms in total. The van der Waals surface area contributed by atoms with Gasteiger partial charge in [-0.25, -0.2) is 0 Å². The van der Waals surface area contributed by atoms with Crippen molar-refractivity contribution < 1.29 is 10.2 Å². The smallest absolute Gasteiger partial charge is 0.121 e. The number of hydrogen-bond donors (Lipinski definition) is 3. The molecule has 1 aromatic rings. The fourth-order valence-electron chi connectivity index (χ4n) is 1.35. The fourth-order valence-corrected chi connectivity index (χ4v) is 1.72. The van der Waals surface area contributed by atoms with Crippen LogP contribution in [-0.4, -0.2) is 16.2 Å². The summed E-state index contributed by atoms with van der Waals surface area (Å²) in [6.45, 7) is 3.68. The van der Waals surface area contributed by atoms with E-state index in [0.717, 1.165) is 16.7 Å². The second kappa shape index (κ2) is 5.09. The summed E-state index contributed by atoms with van der Waals surface area (Å²) >= 11 is 1.17. The van der Waals surface area contributed by atoms with Gasteiger partial charge in [0.05, 0.1) is 11.0 Å². The van der Waals surface area contributed by atoms with E-state index in [1.807, 2.05) is 26.0 Å². The molecule has 0 aromatic heterocycles. The van der Waals surface area contributed by atoms with Gasteiger partial charge in [0, 0.05) is 0 Å². The Bertz CT molecular complexity index is 365. The molecule has 0 fully saturated rings. The molecule has 0 amide bonds. The summed E-state index contributed by atoms with van der Waals surface area (Å²) in [6, 6.07) is 3.71. The minimum Gasteiger partial charge on any atom is -0.507 e. The maximum absolute atomic E-state index is 9.57. The number of aryl methyl sites for hydroxylation is 2. The first-order valence-corrected chi connectivity index (χ1v) is 5.54. The number of phenols is 1. The summed E-state index contributed by atoms with van der Waals surface area (Å²) in [7, 11) is 0. The third-order valence-electron chi connectivity index (χ3n) is 2.05. The van der Waals surface area contributed by atoms with E-state index in [-0.39, 0.29) is 5.94 Å². The van der Waals surface area contributed by atoms with Gasteiger partial charge in [-0.15, -0.1) is 0 Å². The first-order valence-electron chi connectivity index (χ1n) is 4.55. The van der Waals surface area contributed by atoms with E-state index in [4.69, 9.17) is 10.8 Å². The van der Waals surface area contributed by atoms with Crippen molar-refractivity contribution in [1.29, 1.82) is 0 Å². The molecule has 0 heterocycles. The fraction of sp³-hybridized carbons (Fsp3) is 0.273. The molecular formula is C11H15NO2S. The SMILES string of the molecule is Cc1cc(/C=C(/N)SCO)cc(C)c1O. The number of aromatic hydroxyl groups is 1. The lowest BCUT2D eigenvalue weighted by molar-refractivity contribution is 0.376. The number of rotatable bonds is 3. The summed E-state index contributed by atoms with van der Waals surface area (Å²) in [5.41, 5.74) is 8.23. The number of aliphatic hydroxyl groups is 1. The van der Waals surface area contributed by atoms with Crippen LogP contribution in [0.1, 0.15) is 16.7 Å². The van der Waals surface area contributed by atoms with Gasteiger partial charge in [-0.1, -0.05) is 11.8 Å². The van der Waals surface area contributed by atoms with Crippen molar-refractivity contribution in [3.05, 3.63) is 33.9 Å². The highest BCUT2D eigenvalue weighted by Crippen LogP contribution is 2.24. The molecule has 0 atom stereocenters. The summed E-state index contributed by atoms with van der Waals surface area (Å²) in [5, 5.41) is 18.8. The van der Waals surface area contributed by atoms with Crippen LogP contribution in [0.25, 0.3) is 6.08 Å². The second-order valence-electron chi connectivity index (χ2n) is 3.32. The minimum atomic E-state index is -0.0294. The van der Waals surface area contributed by atoms with Gasteiger partial charge in [0.1, 0.15) is 5.75 Å². The number of nitrogens with two attached hydrogens (primary N) is 1. The largest absolute Gasteiger partial charge is 0.507 e. The molecule has 0 aliphatic carbocycles. The minimum absolute atomic E-state index is 0.0294. The van der Waals surface area contributed by atoms with Crippen molar-refractivity contribution >= 4 is 17.8 Å². The Morgan fingerprint density at radius 2 is 1.93 bits per heavy atom. The Morgan fingerprint density at radius 3 is 2.40 bits per heavy atom. The van der Waals surface area contributed by atoms with Crippen LogP contribution >= 0.6 is 11.8 Å². The van der Waals surface area contributed by atoms with Gasteiger partial charge in [-0.05, 0) is 48.7 Å². The van der Waals surface area contributed by atoms with Crippen molar-refractivity contribution in [3.63, 3.8) is 0 Å². The normalized spacial score (nSPS) is 11.8. The van der Waals surface area contributed by atoms with Gasteiger partial charge in [0.2, 0.25) is 0 Å². The summed E-state index contributed by atoms with van der Waals surface area (Å²) < 4.78 is 0. The van der Waals surface area contributed by atoms with E-state index < -0.39 is 0 Å². The van der Waals surface area contributed by atoms with Crippen molar-refractivity contribution in [2.45, 2.75) is 13.8 Å². The standard InChI is InChI=1S/C11H15NO2S/c1-7-3-9(4-8(2)11(7)14)5-10(12)15-6-13/h3-5,13-14H,6,12H2,1-2H3/b10-5-. The molecule has 0 saturated carbocycles. The number of phenolic OH excluding ortho intramolecular Hbond substituents is 1. The molecule has 0 aliphatic heterocycles. The summed E-state index contributed by atoms with van der Waals surface area (Å²) in [5.74, 6) is 0.291. The number of aliphatic hydroxyl groups excluding tert-OH is 1. The van der Waals surface area contributed by atoms with Crippen molar-refractivity contribution in [2.24, 2.45) is 5.73 Å². The predicted octanol–water partition coefficient (Wildman–Crippen LogP) is 1.95. The monoisotopic (exact) mass is 225 g/mol. The van der Waals surface area contributed by atoms with Gasteiger partial charge < -0.3 is 15.9 Å². The highest BCUT2D eigenvalue weighted by molar-refractivity contribution is 8.02. The third kappa shape index (κ3) is 3.18. The van der Waals surface area contributed by atoms with Crippen molar-refractivity contribution in [2.75, 3.05) is 5.94 Å². The maximum atomic E-state index is 9.57. The molecule has 0 unspecified atom stereocenters. The van der Waals surface area contributed by atoms with Gasteiger partial charge in [-0.3, -0.25) is 0 Å². The Balaban J connectivity index is 3.02. The van der Waals surface area contributed by atoms with E-state index in [1.54, 1.807) is 6.08 Å². The zero-order valence-corrected chi connectivity index (χ0v) is 9.64. The molecule has 0 radical (unpaired) electrons. The van der Waals surface area contributed by atoms with Gasteiger partial charge in [0.25, 0.3) is 0 Å². The quantitative estimate of drug-likeness (QED) is 0.688. The average Bonchev–Trinajstić information content (AvgIpc) is 2.14. The molecule has 4 N–H and O–H groups in total. The van der Waals surface area contributed by atoms with Gasteiger partial charge >= 0.3 is 0 Å². The summed E-state index contributed by atoms with van der Waals surface area (Å²) in [6.07, 6.45) is 1.78. The van der Waals surface area contributed by atoms with Crippen LogP contribution in [0, 0.1) is 13.8 Å². The Kier molecular flexibility index (Phi) is 4.05. The van der Waals surface area contributed by atoms with Gasteiger partial charge in [0.15, 0.2) is 0 Å². The van der Waals surface area contributed by atoms with Crippen LogP contribution in [0.3, 0.4) is 0 Å². The first-order chi connectivity index (χ1) is 7.04. The highest BCUT2D eigenvalue weighted by atomic mass is 32.2. The van der Waals surface area contributed by atoms with Crippen LogP contribution in [0.15, 0.2) is 17.2 Å². The lowest BCUT2D eigenvalue weighted by Gasteiger charge is -2.05. The molecule has 0 saturated heterocycles. The molecule has 0 spiro atoms. The zero-order valence-electron chi connectivity index (χ0n) is 8.82. The van der Waals surface area contributed by atoms with Crippen LogP contribution in [-0.2, 0) is 0 Å². The maximum Gasteiger partial charge on any atom is 0.121 e. The van der Waals surface area contributed by atoms with Crippen LogP contribution < -0.4 is 5.73 Å². The lowest BCUT2D eigenvalue weighted by atomic mass is 10.1. The molecule has 0 bridgehead atoms. The van der Waals surface area contributed by atoms with E-state index in [0.29, 0.717) is 10.8 Å². The Labute approximate surface area is 93.6 Å². The van der Waals surface area contributed by atoms with E-state index in [1.165, 1.54) is 11.8 Å². The molecular weight excluding hydrogens is 210 g/mol. The molecule has 15 heavy (non-hydrogen) atoms. The molecule has 1 aromatic carbocycles. The number of thioether (sulfide) groups is 1. The zero-order chi connectivity index (χ0) is 11.4. The molecule has 4 heteroatoms. The third-order valence-corrected chi connectivity index (χ3v) is 2.63.